The lowest BCUT2D eigenvalue weighted by molar-refractivity contribution is 0.250. The fourth-order valence-electron chi connectivity index (χ4n) is 2.12. The average Bonchev–Trinajstić information content (AvgIpc) is 2.75. The van der Waals surface area contributed by atoms with Gasteiger partial charge in [-0.05, 0) is 38.6 Å². The summed E-state index contributed by atoms with van der Waals surface area (Å²) in [6.07, 6.45) is 0. The van der Waals surface area contributed by atoms with Crippen molar-refractivity contribution in [2.75, 3.05) is 13.6 Å². The summed E-state index contributed by atoms with van der Waals surface area (Å²) in [6.45, 7) is 5.69. The maximum atomic E-state index is 11.7. The first-order valence-electron chi connectivity index (χ1n) is 6.59. The number of likely N-dealkylation sites (N-methyl/N-ethyl adjacent to an activating group) is 1. The van der Waals surface area contributed by atoms with Crippen LogP contribution in [0.25, 0.3) is 0 Å². The van der Waals surface area contributed by atoms with E-state index in [4.69, 9.17) is 11.6 Å². The normalized spacial score (nSPS) is 12.8. The highest BCUT2D eigenvalue weighted by atomic mass is 35.5. The van der Waals surface area contributed by atoms with Gasteiger partial charge in [0.25, 0.3) is 0 Å². The minimum atomic E-state index is 0.120. The first-order valence-corrected chi connectivity index (χ1v) is 7.85. The predicted molar refractivity (Wildman–Crippen MR) is 85.8 cm³/mol. The molecule has 1 unspecified atom stereocenters. The van der Waals surface area contributed by atoms with Crippen LogP contribution in [0.2, 0.25) is 5.02 Å². The molecule has 1 atom stereocenters. The molecule has 0 saturated carbocycles. The van der Waals surface area contributed by atoms with Crippen LogP contribution in [0.4, 0.5) is 0 Å². The molecule has 0 radical (unpaired) electrons. The van der Waals surface area contributed by atoms with Gasteiger partial charge in [0.2, 0.25) is 0 Å². The van der Waals surface area contributed by atoms with Crippen molar-refractivity contribution >= 4 is 22.9 Å². The molecular weight excluding hydrogens is 292 g/mol. The second kappa shape index (κ2) is 6.57. The van der Waals surface area contributed by atoms with Crippen molar-refractivity contribution in [1.29, 1.82) is 0 Å². The van der Waals surface area contributed by atoms with E-state index in [0.717, 1.165) is 23.8 Å². The Morgan fingerprint density at radius 3 is 2.55 bits per heavy atom. The summed E-state index contributed by atoms with van der Waals surface area (Å²) in [7, 11) is 2.08. The van der Waals surface area contributed by atoms with Crippen LogP contribution >= 0.6 is 22.9 Å². The number of aromatic nitrogens is 1. The van der Waals surface area contributed by atoms with Crippen molar-refractivity contribution in [2.45, 2.75) is 26.4 Å². The highest BCUT2D eigenvalue weighted by molar-refractivity contribution is 7.07. The number of benzene rings is 1. The molecule has 3 nitrogen and oxygen atoms in total. The molecule has 0 bridgehead atoms. The van der Waals surface area contributed by atoms with E-state index in [2.05, 4.69) is 18.9 Å². The van der Waals surface area contributed by atoms with Crippen molar-refractivity contribution in [3.63, 3.8) is 0 Å². The molecule has 0 amide bonds. The maximum Gasteiger partial charge on any atom is 0.307 e. The van der Waals surface area contributed by atoms with Gasteiger partial charge in [-0.3, -0.25) is 9.69 Å². The third-order valence-corrected chi connectivity index (χ3v) is 4.80. The third kappa shape index (κ3) is 3.51. The van der Waals surface area contributed by atoms with Crippen LogP contribution in [0.1, 0.15) is 24.2 Å². The number of thiazole rings is 1. The van der Waals surface area contributed by atoms with Gasteiger partial charge in [0, 0.05) is 35.2 Å². The zero-order valence-corrected chi connectivity index (χ0v) is 13.5. The van der Waals surface area contributed by atoms with Gasteiger partial charge >= 0.3 is 4.87 Å². The van der Waals surface area contributed by atoms with Crippen LogP contribution in [0.15, 0.2) is 34.4 Å². The molecule has 0 N–H and O–H groups in total. The lowest BCUT2D eigenvalue weighted by Crippen LogP contribution is -2.29. The molecule has 0 aliphatic rings. The van der Waals surface area contributed by atoms with Gasteiger partial charge in [0.1, 0.15) is 0 Å². The Hall–Kier alpha value is -1.10. The standard InChI is InChI=1S/C15H19ClN2OS/c1-11-10-20-15(19)18(11)9-8-17(3)12(2)13-4-6-14(16)7-5-13/h4-7,10,12H,8-9H2,1-3H3. The highest BCUT2D eigenvalue weighted by Gasteiger charge is 2.12. The molecular formula is C15H19ClN2OS. The van der Waals surface area contributed by atoms with Gasteiger partial charge in [0.15, 0.2) is 0 Å². The SMILES string of the molecule is Cc1csc(=O)n1CCN(C)C(C)c1ccc(Cl)cc1. The molecule has 1 aromatic heterocycles. The van der Waals surface area contributed by atoms with Gasteiger partial charge in [-0.1, -0.05) is 35.1 Å². The Morgan fingerprint density at radius 2 is 2.00 bits per heavy atom. The first kappa shape index (κ1) is 15.3. The fourth-order valence-corrected chi connectivity index (χ4v) is 3.01. The molecule has 2 rings (SSSR count). The van der Waals surface area contributed by atoms with Crippen LogP contribution in [-0.2, 0) is 6.54 Å². The van der Waals surface area contributed by atoms with Gasteiger partial charge < -0.3 is 4.57 Å². The third-order valence-electron chi connectivity index (χ3n) is 3.67. The minimum Gasteiger partial charge on any atom is -0.302 e. The second-order valence-corrected chi connectivity index (χ2v) is 6.26. The van der Waals surface area contributed by atoms with Crippen LogP contribution in [0.5, 0.6) is 0 Å². The minimum absolute atomic E-state index is 0.120. The highest BCUT2D eigenvalue weighted by Crippen LogP contribution is 2.20. The van der Waals surface area contributed by atoms with E-state index < -0.39 is 0 Å². The number of aryl methyl sites for hydroxylation is 1. The van der Waals surface area contributed by atoms with Gasteiger partial charge in [-0.15, -0.1) is 0 Å². The molecule has 0 spiro atoms. The largest absolute Gasteiger partial charge is 0.307 e. The predicted octanol–water partition coefficient (Wildman–Crippen LogP) is 3.56. The number of rotatable bonds is 5. The van der Waals surface area contributed by atoms with Crippen molar-refractivity contribution in [3.8, 4) is 0 Å². The summed E-state index contributed by atoms with van der Waals surface area (Å²) in [6, 6.07) is 8.21. The molecule has 1 heterocycles. The summed E-state index contributed by atoms with van der Waals surface area (Å²) in [4.78, 5) is 14.0. The van der Waals surface area contributed by atoms with E-state index in [9.17, 15) is 4.79 Å². The second-order valence-electron chi connectivity index (χ2n) is 5.00. The van der Waals surface area contributed by atoms with E-state index in [1.807, 2.05) is 41.1 Å². The molecule has 0 fully saturated rings. The molecule has 0 aliphatic heterocycles. The van der Waals surface area contributed by atoms with Crippen molar-refractivity contribution in [1.82, 2.24) is 9.47 Å². The van der Waals surface area contributed by atoms with E-state index in [-0.39, 0.29) is 4.87 Å². The van der Waals surface area contributed by atoms with Crippen LogP contribution in [0, 0.1) is 6.92 Å². The lowest BCUT2D eigenvalue weighted by atomic mass is 10.1. The topological polar surface area (TPSA) is 25.2 Å². The Morgan fingerprint density at radius 1 is 1.35 bits per heavy atom. The van der Waals surface area contributed by atoms with Crippen LogP contribution in [-0.4, -0.2) is 23.1 Å². The molecule has 0 aliphatic carbocycles. The molecule has 2 aromatic rings. The van der Waals surface area contributed by atoms with Crippen molar-refractivity contribution in [3.05, 3.63) is 55.6 Å². The smallest absolute Gasteiger partial charge is 0.302 e. The number of nitrogens with zero attached hydrogens (tertiary/aromatic N) is 2. The van der Waals surface area contributed by atoms with Crippen LogP contribution in [0.3, 0.4) is 0 Å². The zero-order chi connectivity index (χ0) is 14.7. The fraction of sp³-hybridized carbons (Fsp3) is 0.400. The van der Waals surface area contributed by atoms with E-state index in [0.29, 0.717) is 6.04 Å². The number of halogens is 1. The Balaban J connectivity index is 1.99. The Bertz CT molecular complexity index is 618. The lowest BCUT2D eigenvalue weighted by Gasteiger charge is -2.25. The van der Waals surface area contributed by atoms with E-state index in [1.165, 1.54) is 16.9 Å². The van der Waals surface area contributed by atoms with E-state index in [1.54, 1.807) is 0 Å². The summed E-state index contributed by atoms with van der Waals surface area (Å²) in [5.74, 6) is 0. The summed E-state index contributed by atoms with van der Waals surface area (Å²) >= 11 is 7.17. The Kier molecular flexibility index (Phi) is 5.02. The van der Waals surface area contributed by atoms with Gasteiger partial charge in [0.05, 0.1) is 0 Å². The number of hydrogen-bond donors (Lipinski definition) is 0. The first-order chi connectivity index (χ1) is 9.49. The average molecular weight is 311 g/mol. The quantitative estimate of drug-likeness (QED) is 0.843. The van der Waals surface area contributed by atoms with Gasteiger partial charge in [-0.25, -0.2) is 0 Å². The molecule has 108 valence electrons. The molecule has 5 heteroatoms. The summed E-state index contributed by atoms with van der Waals surface area (Å²) < 4.78 is 1.83. The zero-order valence-electron chi connectivity index (χ0n) is 12.0. The summed E-state index contributed by atoms with van der Waals surface area (Å²) in [5, 5.41) is 2.66. The molecule has 1 aromatic carbocycles. The monoisotopic (exact) mass is 310 g/mol. The molecule has 0 saturated heterocycles. The van der Waals surface area contributed by atoms with Crippen LogP contribution < -0.4 is 4.87 Å². The Labute approximate surface area is 128 Å². The summed E-state index contributed by atoms with van der Waals surface area (Å²) in [5.41, 5.74) is 2.26. The van der Waals surface area contributed by atoms with E-state index >= 15 is 0 Å². The molecule has 20 heavy (non-hydrogen) atoms. The number of hydrogen-bond acceptors (Lipinski definition) is 3. The van der Waals surface area contributed by atoms with Crippen molar-refractivity contribution < 1.29 is 0 Å². The van der Waals surface area contributed by atoms with Crippen molar-refractivity contribution in [2.24, 2.45) is 0 Å². The van der Waals surface area contributed by atoms with Gasteiger partial charge in [-0.2, -0.15) is 0 Å². The maximum absolute atomic E-state index is 11.7.